The maximum Gasteiger partial charge on any atom is 0.320 e. The highest BCUT2D eigenvalue weighted by molar-refractivity contribution is 5.82. The zero-order chi connectivity index (χ0) is 17.1. The molecule has 130 valence electrons. The molecule has 2 heterocycles. The van der Waals surface area contributed by atoms with Crippen molar-refractivity contribution < 1.29 is 18.3 Å². The summed E-state index contributed by atoms with van der Waals surface area (Å²) in [7, 11) is 0. The fraction of sp³-hybridized carbons (Fsp3) is 0.500. The number of benzene rings is 1. The Morgan fingerprint density at radius 3 is 3.04 bits per heavy atom. The van der Waals surface area contributed by atoms with Gasteiger partial charge in [-0.3, -0.25) is 9.36 Å². The van der Waals surface area contributed by atoms with Gasteiger partial charge < -0.3 is 15.4 Å². The molecule has 0 spiro atoms. The van der Waals surface area contributed by atoms with Crippen LogP contribution in [0.25, 0.3) is 11.0 Å². The number of halogens is 2. The summed E-state index contributed by atoms with van der Waals surface area (Å²) in [5.41, 5.74) is 0.917. The standard InChI is InChI=1S/C16H20F2N4O2/c1-10-14(19-8-9-24-10)15(23)20-7-6-13-21-11-4-2-3-5-12(11)22(13)16(17)18/h2-5,10,14,16,19H,6-9H2,1H3,(H,20,23)/t10-,14+/m1/s1. The number of rotatable bonds is 5. The number of carbonyl (C=O) groups is 1. The maximum atomic E-state index is 13.3. The van der Waals surface area contributed by atoms with Crippen LogP contribution in [0.2, 0.25) is 0 Å². The summed E-state index contributed by atoms with van der Waals surface area (Å²) in [5, 5.41) is 5.85. The average molecular weight is 338 g/mol. The van der Waals surface area contributed by atoms with Crippen LogP contribution in [0.15, 0.2) is 24.3 Å². The first-order chi connectivity index (χ1) is 11.6. The number of ether oxygens (including phenoxy) is 1. The van der Waals surface area contributed by atoms with Crippen LogP contribution in [0, 0.1) is 0 Å². The second-order valence-corrected chi connectivity index (χ2v) is 5.71. The third-order valence-electron chi connectivity index (χ3n) is 4.11. The molecule has 2 aromatic rings. The molecular formula is C16H20F2N4O2. The number of hydrogen-bond donors (Lipinski definition) is 2. The number of imidazole rings is 1. The average Bonchev–Trinajstić information content (AvgIpc) is 2.93. The molecule has 1 saturated heterocycles. The Morgan fingerprint density at radius 1 is 1.50 bits per heavy atom. The second kappa shape index (κ2) is 7.23. The van der Waals surface area contributed by atoms with Gasteiger partial charge in [0, 0.05) is 19.5 Å². The highest BCUT2D eigenvalue weighted by Crippen LogP contribution is 2.23. The summed E-state index contributed by atoms with van der Waals surface area (Å²) in [5.74, 6) is 0.0642. The molecule has 0 bridgehead atoms. The van der Waals surface area contributed by atoms with Crippen molar-refractivity contribution in [2.45, 2.75) is 32.0 Å². The predicted octanol–water partition coefficient (Wildman–Crippen LogP) is 1.47. The van der Waals surface area contributed by atoms with Gasteiger partial charge in [0.15, 0.2) is 0 Å². The Labute approximate surface area is 138 Å². The number of amides is 1. The van der Waals surface area contributed by atoms with E-state index in [4.69, 9.17) is 4.74 Å². The van der Waals surface area contributed by atoms with Gasteiger partial charge in [-0.25, -0.2) is 4.98 Å². The number of fused-ring (bicyclic) bond motifs is 1. The van der Waals surface area contributed by atoms with Crippen LogP contribution in [0.4, 0.5) is 8.78 Å². The van der Waals surface area contributed by atoms with Crippen molar-refractivity contribution in [3.8, 4) is 0 Å². The smallest absolute Gasteiger partial charge is 0.320 e. The lowest BCUT2D eigenvalue weighted by atomic mass is 10.1. The van der Waals surface area contributed by atoms with Crippen molar-refractivity contribution in [3.63, 3.8) is 0 Å². The third-order valence-corrected chi connectivity index (χ3v) is 4.11. The molecular weight excluding hydrogens is 318 g/mol. The SMILES string of the molecule is C[C@H]1OCCN[C@@H]1C(=O)NCCc1nc2ccccc2n1C(F)F. The number of carbonyl (C=O) groups excluding carboxylic acids is 1. The van der Waals surface area contributed by atoms with Crippen molar-refractivity contribution in [3.05, 3.63) is 30.1 Å². The summed E-state index contributed by atoms with van der Waals surface area (Å²) < 4.78 is 33.0. The zero-order valence-electron chi connectivity index (χ0n) is 13.3. The molecule has 1 aliphatic heterocycles. The molecule has 3 rings (SSSR count). The molecule has 0 saturated carbocycles. The van der Waals surface area contributed by atoms with Crippen molar-refractivity contribution >= 4 is 16.9 Å². The van der Waals surface area contributed by atoms with Crippen molar-refractivity contribution in [1.82, 2.24) is 20.2 Å². The normalized spacial score (nSPS) is 21.3. The number of hydrogen-bond acceptors (Lipinski definition) is 4. The van der Waals surface area contributed by atoms with Crippen molar-refractivity contribution in [1.29, 1.82) is 0 Å². The fourth-order valence-electron chi connectivity index (χ4n) is 2.92. The van der Waals surface area contributed by atoms with Crippen LogP contribution in [0.5, 0.6) is 0 Å². The summed E-state index contributed by atoms with van der Waals surface area (Å²) in [4.78, 5) is 16.4. The van der Waals surface area contributed by atoms with Crippen LogP contribution in [-0.4, -0.2) is 47.3 Å². The second-order valence-electron chi connectivity index (χ2n) is 5.71. The van der Waals surface area contributed by atoms with Gasteiger partial charge in [-0.05, 0) is 19.1 Å². The number of aromatic nitrogens is 2. The van der Waals surface area contributed by atoms with E-state index in [0.717, 1.165) is 4.57 Å². The van der Waals surface area contributed by atoms with Crippen LogP contribution in [0.1, 0.15) is 19.3 Å². The van der Waals surface area contributed by atoms with E-state index >= 15 is 0 Å². The summed E-state index contributed by atoms with van der Waals surface area (Å²) >= 11 is 0. The van der Waals surface area contributed by atoms with Gasteiger partial charge in [0.25, 0.3) is 0 Å². The lowest BCUT2D eigenvalue weighted by Crippen LogP contribution is -2.55. The maximum absolute atomic E-state index is 13.3. The van der Waals surface area contributed by atoms with E-state index < -0.39 is 12.6 Å². The minimum absolute atomic E-state index is 0.193. The monoisotopic (exact) mass is 338 g/mol. The van der Waals surface area contributed by atoms with E-state index in [1.54, 1.807) is 24.3 Å². The Morgan fingerprint density at radius 2 is 2.29 bits per heavy atom. The molecule has 1 fully saturated rings. The van der Waals surface area contributed by atoms with E-state index in [0.29, 0.717) is 24.2 Å². The molecule has 0 aliphatic carbocycles. The number of alkyl halides is 2. The molecule has 2 N–H and O–H groups in total. The number of nitrogens with one attached hydrogen (secondary N) is 2. The van der Waals surface area contributed by atoms with Gasteiger partial charge in [-0.2, -0.15) is 8.78 Å². The van der Waals surface area contributed by atoms with Crippen LogP contribution >= 0.6 is 0 Å². The highest BCUT2D eigenvalue weighted by atomic mass is 19.3. The van der Waals surface area contributed by atoms with E-state index in [2.05, 4.69) is 15.6 Å². The highest BCUT2D eigenvalue weighted by Gasteiger charge is 2.28. The molecule has 1 aromatic heterocycles. The molecule has 24 heavy (non-hydrogen) atoms. The summed E-state index contributed by atoms with van der Waals surface area (Å²) in [6, 6.07) is 6.34. The Hall–Kier alpha value is -2.06. The third kappa shape index (κ3) is 3.39. The Kier molecular flexibility index (Phi) is 5.06. The molecule has 6 nitrogen and oxygen atoms in total. The fourth-order valence-corrected chi connectivity index (χ4v) is 2.92. The largest absolute Gasteiger partial charge is 0.375 e. The first-order valence-corrected chi connectivity index (χ1v) is 7.94. The van der Waals surface area contributed by atoms with Gasteiger partial charge in [-0.15, -0.1) is 0 Å². The minimum Gasteiger partial charge on any atom is -0.375 e. The summed E-state index contributed by atoms with van der Waals surface area (Å²) in [6.45, 7) is 0.580. The molecule has 2 atom stereocenters. The van der Waals surface area contributed by atoms with Gasteiger partial charge >= 0.3 is 6.55 Å². The quantitative estimate of drug-likeness (QED) is 0.866. The molecule has 1 aromatic carbocycles. The topological polar surface area (TPSA) is 68.2 Å². The molecule has 1 amide bonds. The van der Waals surface area contributed by atoms with Crippen LogP contribution < -0.4 is 10.6 Å². The first kappa shape index (κ1) is 16.8. The van der Waals surface area contributed by atoms with Gasteiger partial charge in [-0.1, -0.05) is 12.1 Å². The number of nitrogens with zero attached hydrogens (tertiary/aromatic N) is 2. The molecule has 0 radical (unpaired) electrons. The Balaban J connectivity index is 1.65. The zero-order valence-corrected chi connectivity index (χ0v) is 13.3. The van der Waals surface area contributed by atoms with Gasteiger partial charge in [0.2, 0.25) is 5.91 Å². The number of para-hydroxylation sites is 2. The van der Waals surface area contributed by atoms with E-state index in [9.17, 15) is 13.6 Å². The van der Waals surface area contributed by atoms with Gasteiger partial charge in [0.1, 0.15) is 11.9 Å². The van der Waals surface area contributed by atoms with Crippen molar-refractivity contribution in [2.24, 2.45) is 0 Å². The van der Waals surface area contributed by atoms with E-state index in [1.807, 2.05) is 6.92 Å². The first-order valence-electron chi connectivity index (χ1n) is 7.94. The molecule has 0 unspecified atom stereocenters. The number of morpholine rings is 1. The minimum atomic E-state index is -2.67. The van der Waals surface area contributed by atoms with Gasteiger partial charge in [0.05, 0.1) is 23.7 Å². The van der Waals surface area contributed by atoms with E-state index in [-0.39, 0.29) is 30.8 Å². The molecule has 1 aliphatic rings. The van der Waals surface area contributed by atoms with Crippen molar-refractivity contribution in [2.75, 3.05) is 19.7 Å². The predicted molar refractivity (Wildman–Crippen MR) is 84.9 cm³/mol. The lowest BCUT2D eigenvalue weighted by Gasteiger charge is -2.29. The lowest BCUT2D eigenvalue weighted by molar-refractivity contribution is -0.128. The van der Waals surface area contributed by atoms with Crippen LogP contribution in [-0.2, 0) is 16.0 Å². The summed E-state index contributed by atoms with van der Waals surface area (Å²) in [6.07, 6.45) is 0.0107. The van der Waals surface area contributed by atoms with E-state index in [1.165, 1.54) is 0 Å². The Bertz CT molecular complexity index is 719. The molecule has 8 heteroatoms. The van der Waals surface area contributed by atoms with Crippen LogP contribution in [0.3, 0.4) is 0 Å².